The maximum atomic E-state index is 12.6. The van der Waals surface area contributed by atoms with Crippen molar-refractivity contribution >= 4 is 7.60 Å². The largest absolute Gasteiger partial charge is 0.454 e. The number of para-hydroxylation sites is 1. The van der Waals surface area contributed by atoms with Gasteiger partial charge >= 0.3 is 7.60 Å². The van der Waals surface area contributed by atoms with Crippen LogP contribution < -0.4 is 15.2 Å². The molecule has 0 amide bonds. The van der Waals surface area contributed by atoms with E-state index in [1.54, 1.807) is 32.0 Å². The van der Waals surface area contributed by atoms with Gasteiger partial charge in [-0.2, -0.15) is 0 Å². The molecule has 0 spiro atoms. The Morgan fingerprint density at radius 2 is 2.00 bits per heavy atom. The number of rotatable bonds is 6. The van der Waals surface area contributed by atoms with Crippen LogP contribution in [-0.2, 0) is 13.6 Å². The molecule has 7 heteroatoms. The van der Waals surface area contributed by atoms with Crippen molar-refractivity contribution in [1.29, 1.82) is 0 Å². The second-order valence-electron chi connectivity index (χ2n) is 3.90. The molecule has 0 radical (unpaired) electrons. The van der Waals surface area contributed by atoms with Crippen molar-refractivity contribution in [2.75, 3.05) is 20.0 Å². The van der Waals surface area contributed by atoms with Crippen molar-refractivity contribution in [1.82, 2.24) is 0 Å². The normalized spacial score (nSPS) is 15.5. The number of hydrogen-bond acceptors (Lipinski definition) is 6. The molecule has 0 unspecified atom stereocenters. The van der Waals surface area contributed by atoms with Gasteiger partial charge in [0, 0.05) is 5.56 Å². The van der Waals surface area contributed by atoms with E-state index >= 15 is 0 Å². The van der Waals surface area contributed by atoms with Crippen LogP contribution in [0, 0.1) is 0 Å². The van der Waals surface area contributed by atoms with E-state index in [0.717, 1.165) is 0 Å². The fourth-order valence-corrected chi connectivity index (χ4v) is 3.57. The van der Waals surface area contributed by atoms with E-state index in [4.69, 9.17) is 24.3 Å². The van der Waals surface area contributed by atoms with Gasteiger partial charge in [0.25, 0.3) is 0 Å². The number of nitrogens with two attached hydrogens (primary N) is 1. The van der Waals surface area contributed by atoms with E-state index < -0.39 is 13.4 Å². The minimum absolute atomic E-state index is 0.132. The highest BCUT2D eigenvalue weighted by molar-refractivity contribution is 7.54. The highest BCUT2D eigenvalue weighted by atomic mass is 31.2. The van der Waals surface area contributed by atoms with Gasteiger partial charge in [-0.25, -0.2) is 0 Å². The molecule has 1 aromatic carbocycles. The van der Waals surface area contributed by atoms with E-state index in [1.165, 1.54) is 0 Å². The maximum Gasteiger partial charge on any atom is 0.351 e. The lowest BCUT2D eigenvalue weighted by Crippen LogP contribution is -2.15. The van der Waals surface area contributed by atoms with Crippen LogP contribution in [0.2, 0.25) is 0 Å². The third kappa shape index (κ3) is 2.77. The molecule has 0 saturated carbocycles. The maximum absolute atomic E-state index is 12.6. The van der Waals surface area contributed by atoms with E-state index in [-0.39, 0.29) is 20.0 Å². The lowest BCUT2D eigenvalue weighted by Gasteiger charge is -2.24. The summed E-state index contributed by atoms with van der Waals surface area (Å²) >= 11 is 0. The predicted molar refractivity (Wildman–Crippen MR) is 70.4 cm³/mol. The number of ether oxygens (including phenoxy) is 2. The van der Waals surface area contributed by atoms with Crippen LogP contribution in [0.25, 0.3) is 0 Å². The Kier molecular flexibility index (Phi) is 4.47. The van der Waals surface area contributed by atoms with Crippen LogP contribution in [0.4, 0.5) is 0 Å². The second-order valence-corrected chi connectivity index (χ2v) is 6.05. The first kappa shape index (κ1) is 14.3. The number of benzene rings is 1. The van der Waals surface area contributed by atoms with Gasteiger partial charge in [-0.3, -0.25) is 4.57 Å². The monoisotopic (exact) mass is 287 g/mol. The smallest absolute Gasteiger partial charge is 0.351 e. The third-order valence-corrected chi connectivity index (χ3v) is 4.90. The predicted octanol–water partition coefficient (Wildman–Crippen LogP) is 2.64. The standard InChI is InChI=1S/C12H18NO5P/c1-3-17-19(14,18-4-2)12(13)9-6-5-7-10-11(9)16-8-15-10/h5-7,12H,3-4,8,13H2,1-2H3/t12-/m0/s1. The van der Waals surface area contributed by atoms with Crippen LogP contribution in [0.1, 0.15) is 25.2 Å². The molecule has 1 aromatic rings. The third-order valence-electron chi connectivity index (χ3n) is 2.70. The van der Waals surface area contributed by atoms with Crippen molar-refractivity contribution in [2.45, 2.75) is 19.6 Å². The summed E-state index contributed by atoms with van der Waals surface area (Å²) in [6, 6.07) is 5.28. The van der Waals surface area contributed by atoms with E-state index in [0.29, 0.717) is 17.1 Å². The minimum Gasteiger partial charge on any atom is -0.454 e. The zero-order valence-corrected chi connectivity index (χ0v) is 11.9. The topological polar surface area (TPSA) is 80.0 Å². The van der Waals surface area contributed by atoms with Gasteiger partial charge in [0.2, 0.25) is 6.79 Å². The summed E-state index contributed by atoms with van der Waals surface area (Å²) in [7, 11) is -3.42. The van der Waals surface area contributed by atoms with Crippen LogP contribution in [-0.4, -0.2) is 20.0 Å². The summed E-state index contributed by atoms with van der Waals surface area (Å²) < 4.78 is 33.8. The van der Waals surface area contributed by atoms with E-state index in [1.807, 2.05) is 0 Å². The van der Waals surface area contributed by atoms with Gasteiger partial charge in [-0.05, 0) is 19.9 Å². The molecular weight excluding hydrogens is 269 g/mol. The van der Waals surface area contributed by atoms with E-state index in [2.05, 4.69) is 0 Å². The zero-order valence-electron chi connectivity index (χ0n) is 11.0. The molecule has 0 bridgehead atoms. The molecule has 1 atom stereocenters. The molecule has 0 aliphatic carbocycles. The Balaban J connectivity index is 2.35. The quantitative estimate of drug-likeness (QED) is 0.810. The lowest BCUT2D eigenvalue weighted by molar-refractivity contribution is 0.172. The SMILES string of the molecule is CCOP(=O)(OCC)[C@H](N)c1cccc2c1OCO2. The second kappa shape index (κ2) is 5.92. The number of hydrogen-bond donors (Lipinski definition) is 1. The summed E-state index contributed by atoms with van der Waals surface area (Å²) in [5.41, 5.74) is 6.64. The Morgan fingerprint density at radius 1 is 1.32 bits per heavy atom. The van der Waals surface area contributed by atoms with Crippen molar-refractivity contribution in [2.24, 2.45) is 5.73 Å². The molecule has 0 saturated heterocycles. The average molecular weight is 287 g/mol. The molecule has 0 fully saturated rings. The van der Waals surface area contributed by atoms with Gasteiger partial charge in [0.15, 0.2) is 11.5 Å². The van der Waals surface area contributed by atoms with Crippen molar-refractivity contribution in [3.63, 3.8) is 0 Å². The summed E-state index contributed by atoms with van der Waals surface area (Å²) in [5, 5.41) is 0. The molecule has 2 rings (SSSR count). The molecule has 1 aliphatic rings. The Hall–Kier alpha value is -1.07. The van der Waals surface area contributed by atoms with Crippen LogP contribution in [0.5, 0.6) is 11.5 Å². The highest BCUT2D eigenvalue weighted by Crippen LogP contribution is 2.60. The summed E-state index contributed by atoms with van der Waals surface area (Å²) in [6.07, 6.45) is 0. The lowest BCUT2D eigenvalue weighted by atomic mass is 10.2. The Labute approximate surface area is 112 Å². The number of fused-ring (bicyclic) bond motifs is 1. The summed E-state index contributed by atoms with van der Waals surface area (Å²) in [6.45, 7) is 4.14. The molecule has 6 nitrogen and oxygen atoms in total. The first-order valence-corrected chi connectivity index (χ1v) is 7.76. The fourth-order valence-electron chi connectivity index (χ4n) is 1.91. The average Bonchev–Trinajstić information content (AvgIpc) is 2.86. The van der Waals surface area contributed by atoms with Crippen LogP contribution in [0.15, 0.2) is 18.2 Å². The van der Waals surface area contributed by atoms with Crippen LogP contribution in [0.3, 0.4) is 0 Å². The summed E-state index contributed by atoms with van der Waals surface area (Å²) in [4.78, 5) is 0. The Morgan fingerprint density at radius 3 is 2.63 bits per heavy atom. The van der Waals surface area contributed by atoms with Crippen molar-refractivity contribution in [3.8, 4) is 11.5 Å². The van der Waals surface area contributed by atoms with Gasteiger partial charge in [0.1, 0.15) is 5.78 Å². The summed E-state index contributed by atoms with van der Waals surface area (Å²) in [5.74, 6) is 0.200. The molecule has 0 aromatic heterocycles. The molecule has 2 N–H and O–H groups in total. The van der Waals surface area contributed by atoms with Gasteiger partial charge in [-0.15, -0.1) is 0 Å². The molecule has 1 aliphatic heterocycles. The van der Waals surface area contributed by atoms with Crippen molar-refractivity contribution in [3.05, 3.63) is 23.8 Å². The molecule has 19 heavy (non-hydrogen) atoms. The van der Waals surface area contributed by atoms with Gasteiger partial charge < -0.3 is 24.3 Å². The van der Waals surface area contributed by atoms with Crippen LogP contribution >= 0.6 is 7.60 Å². The fraction of sp³-hybridized carbons (Fsp3) is 0.500. The van der Waals surface area contributed by atoms with Gasteiger partial charge in [0.05, 0.1) is 13.2 Å². The van der Waals surface area contributed by atoms with Crippen molar-refractivity contribution < 1.29 is 23.1 Å². The zero-order chi connectivity index (χ0) is 13.9. The molecule has 106 valence electrons. The molecule has 1 heterocycles. The van der Waals surface area contributed by atoms with Gasteiger partial charge in [-0.1, -0.05) is 12.1 Å². The highest BCUT2D eigenvalue weighted by Gasteiger charge is 2.37. The minimum atomic E-state index is -3.42. The van der Waals surface area contributed by atoms with E-state index in [9.17, 15) is 4.57 Å². The first-order valence-electron chi connectivity index (χ1n) is 6.15. The first-order chi connectivity index (χ1) is 9.12. The Bertz CT molecular complexity index is 483. The molecular formula is C12H18NO5P.